The van der Waals surface area contributed by atoms with E-state index >= 15 is 0 Å². The Morgan fingerprint density at radius 1 is 1.04 bits per heavy atom. The van der Waals surface area contributed by atoms with E-state index in [9.17, 15) is 4.79 Å². The minimum Gasteiger partial charge on any atom is -0.368 e. The lowest BCUT2D eigenvalue weighted by molar-refractivity contribution is -0.131. The van der Waals surface area contributed by atoms with Gasteiger partial charge in [-0.3, -0.25) is 4.79 Å². The zero-order valence-corrected chi connectivity index (χ0v) is 15.1. The Balaban J connectivity index is 1.57. The molecule has 0 bridgehead atoms. The smallest absolute Gasteiger partial charge is 0.224 e. The number of hydrogen-bond acceptors (Lipinski definition) is 3. The summed E-state index contributed by atoms with van der Waals surface area (Å²) >= 11 is 0. The Morgan fingerprint density at radius 2 is 1.72 bits per heavy atom. The van der Waals surface area contributed by atoms with Crippen LogP contribution in [-0.2, 0) is 4.79 Å². The molecule has 1 amide bonds. The van der Waals surface area contributed by atoms with Crippen molar-refractivity contribution in [1.82, 2.24) is 4.90 Å². The van der Waals surface area contributed by atoms with Crippen LogP contribution in [-0.4, -0.2) is 37.0 Å². The average Bonchev–Trinajstić information content (AvgIpc) is 2.64. The molecule has 2 aromatic rings. The molecule has 0 unspecified atom stereocenters. The van der Waals surface area contributed by atoms with E-state index in [0.717, 1.165) is 31.7 Å². The molecule has 0 aliphatic carbocycles. The van der Waals surface area contributed by atoms with Crippen LogP contribution in [0.15, 0.2) is 48.5 Å². The molecule has 4 heteroatoms. The van der Waals surface area contributed by atoms with Crippen LogP contribution in [0.5, 0.6) is 0 Å². The number of hydrogen-bond donors (Lipinski definition) is 1. The molecule has 132 valence electrons. The topological polar surface area (TPSA) is 49.6 Å². The zero-order valence-electron chi connectivity index (χ0n) is 15.1. The van der Waals surface area contributed by atoms with Crippen LogP contribution in [0, 0.1) is 13.8 Å². The van der Waals surface area contributed by atoms with Crippen molar-refractivity contribution in [3.05, 3.63) is 65.2 Å². The number of nitrogens with zero attached hydrogens (tertiary/aromatic N) is 2. The molecule has 25 heavy (non-hydrogen) atoms. The number of carbonyl (C=O) groups excluding carboxylic acids is 1. The molecule has 0 spiro atoms. The quantitative estimate of drug-likeness (QED) is 0.933. The number of piperazine rings is 1. The molecule has 3 rings (SSSR count). The van der Waals surface area contributed by atoms with Crippen molar-refractivity contribution < 1.29 is 4.79 Å². The molecule has 0 aromatic heterocycles. The van der Waals surface area contributed by atoms with Gasteiger partial charge in [0.1, 0.15) is 0 Å². The fraction of sp³-hybridized carbons (Fsp3) is 0.381. The van der Waals surface area contributed by atoms with Crippen LogP contribution < -0.4 is 10.6 Å². The third-order valence-corrected chi connectivity index (χ3v) is 4.96. The van der Waals surface area contributed by atoms with Crippen molar-refractivity contribution in [2.75, 3.05) is 31.1 Å². The highest BCUT2D eigenvalue weighted by atomic mass is 16.2. The Hall–Kier alpha value is -2.33. The van der Waals surface area contributed by atoms with Gasteiger partial charge in [-0.2, -0.15) is 0 Å². The van der Waals surface area contributed by atoms with E-state index < -0.39 is 0 Å². The molecule has 1 aliphatic rings. The van der Waals surface area contributed by atoms with E-state index in [-0.39, 0.29) is 11.9 Å². The maximum Gasteiger partial charge on any atom is 0.224 e. The van der Waals surface area contributed by atoms with Crippen molar-refractivity contribution >= 4 is 11.6 Å². The van der Waals surface area contributed by atoms with Gasteiger partial charge in [-0.15, -0.1) is 0 Å². The largest absolute Gasteiger partial charge is 0.368 e. The van der Waals surface area contributed by atoms with E-state index in [2.05, 4.69) is 36.9 Å². The van der Waals surface area contributed by atoms with Gasteiger partial charge in [-0.25, -0.2) is 0 Å². The van der Waals surface area contributed by atoms with Gasteiger partial charge in [0.05, 0.1) is 0 Å². The fourth-order valence-electron chi connectivity index (χ4n) is 3.39. The molecular formula is C21H27N3O. The number of nitrogens with two attached hydrogens (primary N) is 1. The van der Waals surface area contributed by atoms with Gasteiger partial charge >= 0.3 is 0 Å². The normalized spacial score (nSPS) is 16.0. The Morgan fingerprint density at radius 3 is 2.40 bits per heavy atom. The molecule has 0 saturated carbocycles. The van der Waals surface area contributed by atoms with E-state index in [1.165, 1.54) is 16.8 Å². The summed E-state index contributed by atoms with van der Waals surface area (Å²) < 4.78 is 0. The minimum atomic E-state index is -0.231. The maximum absolute atomic E-state index is 12.6. The first-order valence-corrected chi connectivity index (χ1v) is 8.95. The third-order valence-electron chi connectivity index (χ3n) is 4.96. The van der Waals surface area contributed by atoms with E-state index in [4.69, 9.17) is 5.73 Å². The lowest BCUT2D eigenvalue weighted by Crippen LogP contribution is -2.49. The summed E-state index contributed by atoms with van der Waals surface area (Å²) in [6.45, 7) is 7.52. The molecule has 1 atom stereocenters. The summed E-state index contributed by atoms with van der Waals surface area (Å²) in [5.74, 6) is 0.150. The number of carbonyl (C=O) groups is 1. The molecule has 2 aromatic carbocycles. The van der Waals surface area contributed by atoms with Gasteiger partial charge in [0.25, 0.3) is 0 Å². The number of benzene rings is 2. The van der Waals surface area contributed by atoms with E-state index in [1.807, 2.05) is 35.2 Å². The van der Waals surface area contributed by atoms with Crippen LogP contribution in [0.25, 0.3) is 0 Å². The van der Waals surface area contributed by atoms with Crippen molar-refractivity contribution in [3.8, 4) is 0 Å². The van der Waals surface area contributed by atoms with Crippen molar-refractivity contribution in [3.63, 3.8) is 0 Å². The van der Waals surface area contributed by atoms with Gasteiger partial charge in [-0.1, -0.05) is 42.5 Å². The summed E-state index contributed by atoms with van der Waals surface area (Å²) in [6, 6.07) is 16.2. The SMILES string of the molecule is Cc1ccc(C)c(N2CCN(C(=O)C[C@H](N)c3ccccc3)CC2)c1. The summed E-state index contributed by atoms with van der Waals surface area (Å²) in [5.41, 5.74) is 11.1. The standard InChI is InChI=1S/C21H27N3O/c1-16-8-9-17(2)20(14-16)23-10-12-24(13-11-23)21(25)15-19(22)18-6-4-3-5-7-18/h3-9,14,19H,10-13,15,22H2,1-2H3/t19-/m0/s1. The van der Waals surface area contributed by atoms with Crippen molar-refractivity contribution in [1.29, 1.82) is 0 Å². The van der Waals surface area contributed by atoms with Crippen molar-refractivity contribution in [2.45, 2.75) is 26.3 Å². The monoisotopic (exact) mass is 337 g/mol. The second kappa shape index (κ2) is 7.70. The number of rotatable bonds is 4. The zero-order chi connectivity index (χ0) is 17.8. The summed E-state index contributed by atoms with van der Waals surface area (Å²) in [7, 11) is 0. The number of aryl methyl sites for hydroxylation is 2. The molecule has 4 nitrogen and oxygen atoms in total. The Bertz CT molecular complexity index is 721. The predicted octanol–water partition coefficient (Wildman–Crippen LogP) is 3.04. The number of amides is 1. The van der Waals surface area contributed by atoms with Crippen LogP contribution in [0.4, 0.5) is 5.69 Å². The van der Waals surface area contributed by atoms with Gasteiger partial charge in [0.15, 0.2) is 0 Å². The highest BCUT2D eigenvalue weighted by Crippen LogP contribution is 2.23. The highest BCUT2D eigenvalue weighted by molar-refractivity contribution is 5.77. The second-order valence-corrected chi connectivity index (χ2v) is 6.88. The molecule has 1 heterocycles. The molecular weight excluding hydrogens is 310 g/mol. The summed E-state index contributed by atoms with van der Waals surface area (Å²) in [6.07, 6.45) is 0.369. The molecule has 2 N–H and O–H groups in total. The minimum absolute atomic E-state index is 0.150. The van der Waals surface area contributed by atoms with E-state index in [1.54, 1.807) is 0 Å². The predicted molar refractivity (Wildman–Crippen MR) is 103 cm³/mol. The van der Waals surface area contributed by atoms with Crippen LogP contribution in [0.2, 0.25) is 0 Å². The molecule has 0 radical (unpaired) electrons. The van der Waals surface area contributed by atoms with Gasteiger partial charge in [0.2, 0.25) is 5.91 Å². The molecule has 1 aliphatic heterocycles. The Kier molecular flexibility index (Phi) is 5.39. The van der Waals surface area contributed by atoms with Crippen LogP contribution in [0.3, 0.4) is 0 Å². The third kappa shape index (κ3) is 4.20. The summed E-state index contributed by atoms with van der Waals surface area (Å²) in [4.78, 5) is 16.9. The molecule has 1 saturated heterocycles. The molecule has 1 fully saturated rings. The first kappa shape index (κ1) is 17.5. The lowest BCUT2D eigenvalue weighted by atomic mass is 10.0. The van der Waals surface area contributed by atoms with Crippen molar-refractivity contribution in [2.24, 2.45) is 5.73 Å². The second-order valence-electron chi connectivity index (χ2n) is 6.88. The van der Waals surface area contributed by atoms with Gasteiger partial charge < -0.3 is 15.5 Å². The van der Waals surface area contributed by atoms with Gasteiger partial charge in [-0.05, 0) is 36.6 Å². The lowest BCUT2D eigenvalue weighted by Gasteiger charge is -2.37. The van der Waals surface area contributed by atoms with Gasteiger partial charge in [0, 0.05) is 44.3 Å². The highest BCUT2D eigenvalue weighted by Gasteiger charge is 2.23. The van der Waals surface area contributed by atoms with E-state index in [0.29, 0.717) is 6.42 Å². The summed E-state index contributed by atoms with van der Waals surface area (Å²) in [5, 5.41) is 0. The fourth-order valence-corrected chi connectivity index (χ4v) is 3.39. The number of anilines is 1. The average molecular weight is 337 g/mol. The maximum atomic E-state index is 12.6. The first-order valence-electron chi connectivity index (χ1n) is 8.95. The van der Waals surface area contributed by atoms with Crippen LogP contribution in [0.1, 0.15) is 29.2 Å². The Labute approximate surface area is 150 Å². The first-order chi connectivity index (χ1) is 12.0. The van der Waals surface area contributed by atoms with Crippen LogP contribution >= 0.6 is 0 Å².